The molecule has 0 unspecified atom stereocenters. The van der Waals surface area contributed by atoms with Crippen molar-refractivity contribution < 1.29 is 14.6 Å². The first kappa shape index (κ1) is 15.4. The summed E-state index contributed by atoms with van der Waals surface area (Å²) in [6, 6.07) is 2.94. The zero-order chi connectivity index (χ0) is 10.7. The summed E-state index contributed by atoms with van der Waals surface area (Å²) in [5.74, 6) is -0.893. The van der Waals surface area contributed by atoms with E-state index in [0.29, 0.717) is 5.02 Å². The molecular formula is C8H6Cl3NaO3. The molecule has 1 N–H and O–H groups in total. The number of ether oxygens (including phenoxy) is 1. The molecule has 7 heteroatoms. The molecule has 78 valence electrons. The van der Waals surface area contributed by atoms with Gasteiger partial charge in [0.2, 0.25) is 0 Å². The van der Waals surface area contributed by atoms with Crippen LogP contribution in [0.4, 0.5) is 0 Å². The molecule has 1 aromatic carbocycles. The van der Waals surface area contributed by atoms with Crippen molar-refractivity contribution in [3.05, 3.63) is 27.2 Å². The summed E-state index contributed by atoms with van der Waals surface area (Å²) >= 11 is 17.1. The van der Waals surface area contributed by atoms with Crippen LogP contribution in [-0.2, 0) is 4.79 Å². The first-order chi connectivity index (χ1) is 6.52. The monoisotopic (exact) mass is 278 g/mol. The van der Waals surface area contributed by atoms with Crippen molar-refractivity contribution in [1.29, 1.82) is 0 Å². The molecule has 1 rings (SSSR count). The number of carboxylic acids is 1. The summed E-state index contributed by atoms with van der Waals surface area (Å²) in [4.78, 5) is 10.2. The van der Waals surface area contributed by atoms with Crippen LogP contribution in [0, 0.1) is 0 Å². The summed E-state index contributed by atoms with van der Waals surface area (Å²) in [7, 11) is 0. The number of hydrogen-bond donors (Lipinski definition) is 1. The maximum atomic E-state index is 10.2. The Morgan fingerprint density at radius 3 is 2.40 bits per heavy atom. The van der Waals surface area contributed by atoms with Gasteiger partial charge in [-0.1, -0.05) is 34.8 Å². The van der Waals surface area contributed by atoms with E-state index in [9.17, 15) is 4.79 Å². The second kappa shape index (κ2) is 6.84. The van der Waals surface area contributed by atoms with Gasteiger partial charge in [-0.25, -0.2) is 4.79 Å². The molecule has 3 nitrogen and oxygen atoms in total. The number of benzene rings is 1. The first-order valence-corrected chi connectivity index (χ1v) is 4.64. The minimum absolute atomic E-state index is 0. The quantitative estimate of drug-likeness (QED) is 0.683. The van der Waals surface area contributed by atoms with Gasteiger partial charge < -0.3 is 9.84 Å². The summed E-state index contributed by atoms with van der Waals surface area (Å²) in [6.07, 6.45) is 0. The standard InChI is InChI=1S/C8H5Cl3O3.Na.H/c9-4-1-2-5(8(11)7(4)10)14-3-6(12)13;;/h1-2H,3H2,(H,12,13);;. The Morgan fingerprint density at radius 1 is 1.27 bits per heavy atom. The van der Waals surface area contributed by atoms with E-state index in [4.69, 9.17) is 44.6 Å². The number of hydrogen-bond acceptors (Lipinski definition) is 2. The Labute approximate surface area is 124 Å². The molecule has 0 atom stereocenters. The van der Waals surface area contributed by atoms with Crippen molar-refractivity contribution in [2.75, 3.05) is 6.61 Å². The third-order valence-electron chi connectivity index (χ3n) is 1.35. The van der Waals surface area contributed by atoms with Crippen LogP contribution in [-0.4, -0.2) is 47.2 Å². The molecule has 0 saturated heterocycles. The maximum absolute atomic E-state index is 10.2. The molecule has 0 aromatic heterocycles. The number of rotatable bonds is 3. The van der Waals surface area contributed by atoms with Crippen LogP contribution in [0.15, 0.2) is 12.1 Å². The van der Waals surface area contributed by atoms with E-state index in [0.717, 1.165) is 0 Å². The number of halogens is 3. The van der Waals surface area contributed by atoms with Crippen molar-refractivity contribution in [3.8, 4) is 5.75 Å². The summed E-state index contributed by atoms with van der Waals surface area (Å²) < 4.78 is 4.86. The number of aliphatic carboxylic acids is 1. The molecule has 0 aliphatic carbocycles. The minimum atomic E-state index is -1.09. The van der Waals surface area contributed by atoms with Crippen LogP contribution >= 0.6 is 34.8 Å². The Balaban J connectivity index is 0.00000196. The van der Waals surface area contributed by atoms with Gasteiger partial charge in [-0.05, 0) is 12.1 Å². The predicted octanol–water partition coefficient (Wildman–Crippen LogP) is 2.46. The van der Waals surface area contributed by atoms with Crippen molar-refractivity contribution in [1.82, 2.24) is 0 Å². The molecule has 0 radical (unpaired) electrons. The third-order valence-corrected chi connectivity index (χ3v) is 2.63. The average molecular weight is 279 g/mol. The Hall–Kier alpha value is 0.360. The summed E-state index contributed by atoms with van der Waals surface area (Å²) in [6.45, 7) is -0.475. The second-order valence-corrected chi connectivity index (χ2v) is 3.52. The van der Waals surface area contributed by atoms with Gasteiger partial charge in [0.05, 0.1) is 10.0 Å². The average Bonchev–Trinajstić information content (AvgIpc) is 2.13. The van der Waals surface area contributed by atoms with Gasteiger partial charge >= 0.3 is 35.5 Å². The molecule has 0 heterocycles. The first-order valence-electron chi connectivity index (χ1n) is 3.50. The van der Waals surface area contributed by atoms with Crippen LogP contribution in [0.3, 0.4) is 0 Å². The van der Waals surface area contributed by atoms with Crippen molar-refractivity contribution in [2.45, 2.75) is 0 Å². The normalized spacial score (nSPS) is 9.27. The third kappa shape index (κ3) is 4.39. The molecule has 0 aliphatic heterocycles. The van der Waals surface area contributed by atoms with E-state index in [1.54, 1.807) is 0 Å². The van der Waals surface area contributed by atoms with Gasteiger partial charge in [0, 0.05) is 0 Å². The second-order valence-electron chi connectivity index (χ2n) is 2.36. The van der Waals surface area contributed by atoms with Crippen LogP contribution in [0.2, 0.25) is 15.1 Å². The van der Waals surface area contributed by atoms with E-state index < -0.39 is 12.6 Å². The van der Waals surface area contributed by atoms with E-state index >= 15 is 0 Å². The van der Waals surface area contributed by atoms with Crippen LogP contribution < -0.4 is 4.74 Å². The zero-order valence-corrected chi connectivity index (χ0v) is 9.03. The van der Waals surface area contributed by atoms with Gasteiger partial charge in [0.1, 0.15) is 10.8 Å². The van der Waals surface area contributed by atoms with Gasteiger partial charge in [0.25, 0.3) is 0 Å². The fourth-order valence-electron chi connectivity index (χ4n) is 0.759. The van der Waals surface area contributed by atoms with Crippen molar-refractivity contribution in [2.24, 2.45) is 0 Å². The predicted molar refractivity (Wildman–Crippen MR) is 61.8 cm³/mol. The molecule has 15 heavy (non-hydrogen) atoms. The topological polar surface area (TPSA) is 46.5 Å². The Kier molecular flexibility index (Phi) is 7.00. The van der Waals surface area contributed by atoms with Crippen molar-refractivity contribution >= 4 is 70.3 Å². The Morgan fingerprint density at radius 2 is 1.87 bits per heavy atom. The Bertz CT molecular complexity index is 370. The molecule has 0 spiro atoms. The zero-order valence-electron chi connectivity index (χ0n) is 6.76. The SMILES string of the molecule is O=C(O)COc1ccc(Cl)c(Cl)c1Cl.[NaH]. The van der Waals surface area contributed by atoms with E-state index in [-0.39, 0.29) is 45.4 Å². The van der Waals surface area contributed by atoms with E-state index in [1.165, 1.54) is 12.1 Å². The molecular weight excluding hydrogens is 273 g/mol. The van der Waals surface area contributed by atoms with E-state index in [1.807, 2.05) is 0 Å². The fraction of sp³-hybridized carbons (Fsp3) is 0.125. The van der Waals surface area contributed by atoms with Gasteiger partial charge in [-0.2, -0.15) is 0 Å². The number of carboxylic acid groups (broad SMARTS) is 1. The summed E-state index contributed by atoms with van der Waals surface area (Å²) in [5, 5.41) is 8.91. The van der Waals surface area contributed by atoms with Crippen molar-refractivity contribution in [3.63, 3.8) is 0 Å². The fourth-order valence-corrected chi connectivity index (χ4v) is 1.34. The molecule has 0 aliphatic rings. The molecule has 0 amide bonds. The molecule has 0 saturated carbocycles. The van der Waals surface area contributed by atoms with E-state index in [2.05, 4.69) is 0 Å². The molecule has 1 aromatic rings. The van der Waals surface area contributed by atoms with Gasteiger partial charge in [-0.15, -0.1) is 0 Å². The number of carbonyl (C=O) groups is 1. The van der Waals surface area contributed by atoms with Gasteiger partial charge in [-0.3, -0.25) is 0 Å². The van der Waals surface area contributed by atoms with Crippen LogP contribution in [0.25, 0.3) is 0 Å². The van der Waals surface area contributed by atoms with Crippen LogP contribution in [0.5, 0.6) is 5.75 Å². The summed E-state index contributed by atoms with van der Waals surface area (Å²) in [5.41, 5.74) is 0. The van der Waals surface area contributed by atoms with Crippen LogP contribution in [0.1, 0.15) is 0 Å². The van der Waals surface area contributed by atoms with Gasteiger partial charge in [0.15, 0.2) is 6.61 Å². The molecule has 0 fully saturated rings. The molecule has 0 bridgehead atoms.